The number of esters is 1. The molecule has 4 heteroatoms. The van der Waals surface area contributed by atoms with E-state index in [1.807, 2.05) is 39.0 Å². The fraction of sp³-hybridized carbons (Fsp3) is 0.500. The van der Waals surface area contributed by atoms with Crippen LogP contribution in [0, 0.1) is 0 Å². The summed E-state index contributed by atoms with van der Waals surface area (Å²) in [5.74, 6) is 1.08. The molecule has 0 aliphatic carbocycles. The molecule has 0 bridgehead atoms. The van der Waals surface area contributed by atoms with E-state index in [0.29, 0.717) is 19.0 Å². The highest BCUT2D eigenvalue weighted by Crippen LogP contribution is 2.29. The van der Waals surface area contributed by atoms with Gasteiger partial charge in [-0.25, -0.2) is 4.79 Å². The van der Waals surface area contributed by atoms with Crippen LogP contribution in [-0.2, 0) is 9.53 Å². The van der Waals surface area contributed by atoms with Crippen molar-refractivity contribution in [3.63, 3.8) is 0 Å². The molecular formula is C18H26O4. The van der Waals surface area contributed by atoms with Crippen molar-refractivity contribution >= 4 is 12.0 Å². The maximum absolute atomic E-state index is 11.5. The summed E-state index contributed by atoms with van der Waals surface area (Å²) in [6, 6.07) is 5.63. The van der Waals surface area contributed by atoms with Crippen molar-refractivity contribution < 1.29 is 19.0 Å². The molecule has 22 heavy (non-hydrogen) atoms. The Morgan fingerprint density at radius 1 is 1.18 bits per heavy atom. The minimum atomic E-state index is -0.351. The smallest absolute Gasteiger partial charge is 0.331 e. The predicted octanol–water partition coefficient (Wildman–Crippen LogP) is 4.23. The average molecular weight is 306 g/mol. The van der Waals surface area contributed by atoms with E-state index >= 15 is 0 Å². The van der Waals surface area contributed by atoms with Gasteiger partial charge in [-0.15, -0.1) is 0 Å². The van der Waals surface area contributed by atoms with Gasteiger partial charge in [0.2, 0.25) is 0 Å². The van der Waals surface area contributed by atoms with Gasteiger partial charge in [0.1, 0.15) is 0 Å². The molecule has 122 valence electrons. The van der Waals surface area contributed by atoms with E-state index in [1.54, 1.807) is 6.08 Å². The minimum absolute atomic E-state index is 0.120. The molecule has 0 saturated carbocycles. The highest BCUT2D eigenvalue weighted by molar-refractivity contribution is 5.87. The first-order valence-corrected chi connectivity index (χ1v) is 7.85. The standard InChI is InChI=1S/C18H26O4/c1-5-7-12-21-16-10-8-15(13-17(16)20-6-2)9-11-18(19)22-14(3)4/h8-11,13-14H,5-7,12H2,1-4H3. The van der Waals surface area contributed by atoms with E-state index in [-0.39, 0.29) is 12.1 Å². The number of hydrogen-bond donors (Lipinski definition) is 0. The Morgan fingerprint density at radius 2 is 1.95 bits per heavy atom. The second-order valence-electron chi connectivity index (χ2n) is 5.16. The van der Waals surface area contributed by atoms with Crippen molar-refractivity contribution in [2.75, 3.05) is 13.2 Å². The molecule has 4 nitrogen and oxygen atoms in total. The highest BCUT2D eigenvalue weighted by Gasteiger charge is 2.06. The molecule has 0 saturated heterocycles. The second kappa shape index (κ2) is 9.87. The Hall–Kier alpha value is -1.97. The summed E-state index contributed by atoms with van der Waals surface area (Å²) in [6.07, 6.45) is 5.11. The van der Waals surface area contributed by atoms with Gasteiger partial charge < -0.3 is 14.2 Å². The first-order chi connectivity index (χ1) is 10.6. The molecule has 0 spiro atoms. The second-order valence-corrected chi connectivity index (χ2v) is 5.16. The molecule has 1 aromatic rings. The minimum Gasteiger partial charge on any atom is -0.490 e. The Kier molecular flexibility index (Phi) is 8.11. The lowest BCUT2D eigenvalue weighted by atomic mass is 10.2. The summed E-state index contributed by atoms with van der Waals surface area (Å²) in [5.41, 5.74) is 0.868. The van der Waals surface area contributed by atoms with Crippen LogP contribution in [0.5, 0.6) is 11.5 Å². The van der Waals surface area contributed by atoms with Crippen LogP contribution in [0.1, 0.15) is 46.1 Å². The summed E-state index contributed by atoms with van der Waals surface area (Å²) >= 11 is 0. The molecule has 0 aliphatic heterocycles. The largest absolute Gasteiger partial charge is 0.490 e. The van der Waals surface area contributed by atoms with Crippen molar-refractivity contribution in [1.82, 2.24) is 0 Å². The highest BCUT2D eigenvalue weighted by atomic mass is 16.5. The number of unbranched alkanes of at least 4 members (excludes halogenated alkanes) is 1. The van der Waals surface area contributed by atoms with Gasteiger partial charge in [0.25, 0.3) is 0 Å². The number of benzene rings is 1. The van der Waals surface area contributed by atoms with E-state index in [0.717, 1.165) is 24.2 Å². The van der Waals surface area contributed by atoms with Gasteiger partial charge in [-0.05, 0) is 51.0 Å². The van der Waals surface area contributed by atoms with Crippen molar-refractivity contribution in [2.24, 2.45) is 0 Å². The Balaban J connectivity index is 2.78. The Labute approximate surface area is 133 Å². The third kappa shape index (κ3) is 6.66. The van der Waals surface area contributed by atoms with Crippen molar-refractivity contribution in [2.45, 2.75) is 46.6 Å². The summed E-state index contributed by atoms with van der Waals surface area (Å²) in [5, 5.41) is 0. The zero-order valence-corrected chi connectivity index (χ0v) is 13.9. The Bertz CT molecular complexity index is 492. The first kappa shape index (κ1) is 18.1. The number of rotatable bonds is 9. The van der Waals surface area contributed by atoms with E-state index in [9.17, 15) is 4.79 Å². The molecule has 1 aromatic carbocycles. The SMILES string of the molecule is CCCCOc1ccc(C=CC(=O)OC(C)C)cc1OCC. The lowest BCUT2D eigenvalue weighted by Crippen LogP contribution is -2.08. The van der Waals surface area contributed by atoms with Crippen LogP contribution in [0.3, 0.4) is 0 Å². The molecule has 0 aromatic heterocycles. The molecule has 0 radical (unpaired) electrons. The predicted molar refractivity (Wildman–Crippen MR) is 88.3 cm³/mol. The van der Waals surface area contributed by atoms with Crippen LogP contribution in [0.15, 0.2) is 24.3 Å². The molecule has 0 fully saturated rings. The zero-order valence-electron chi connectivity index (χ0n) is 13.9. The molecule has 0 aliphatic rings. The van der Waals surface area contributed by atoms with Gasteiger partial charge in [0, 0.05) is 6.08 Å². The van der Waals surface area contributed by atoms with Crippen molar-refractivity contribution in [3.8, 4) is 11.5 Å². The summed E-state index contributed by atoms with van der Waals surface area (Å²) in [4.78, 5) is 11.5. The molecule has 0 heterocycles. The van der Waals surface area contributed by atoms with Gasteiger partial charge in [-0.3, -0.25) is 0 Å². The van der Waals surface area contributed by atoms with Crippen LogP contribution in [0.4, 0.5) is 0 Å². The molecule has 0 N–H and O–H groups in total. The first-order valence-electron chi connectivity index (χ1n) is 7.85. The molecule has 0 amide bonds. The van der Waals surface area contributed by atoms with Crippen LogP contribution in [-0.4, -0.2) is 25.3 Å². The van der Waals surface area contributed by atoms with E-state index in [4.69, 9.17) is 14.2 Å². The molecule has 0 unspecified atom stereocenters. The van der Waals surface area contributed by atoms with Crippen LogP contribution >= 0.6 is 0 Å². The molecular weight excluding hydrogens is 280 g/mol. The van der Waals surface area contributed by atoms with Crippen molar-refractivity contribution in [1.29, 1.82) is 0 Å². The van der Waals surface area contributed by atoms with Gasteiger partial charge >= 0.3 is 5.97 Å². The van der Waals surface area contributed by atoms with E-state index < -0.39 is 0 Å². The average Bonchev–Trinajstić information content (AvgIpc) is 2.47. The fourth-order valence-corrected chi connectivity index (χ4v) is 1.78. The summed E-state index contributed by atoms with van der Waals surface area (Å²) in [7, 11) is 0. The van der Waals surface area contributed by atoms with Gasteiger partial charge in [-0.2, -0.15) is 0 Å². The van der Waals surface area contributed by atoms with Crippen molar-refractivity contribution in [3.05, 3.63) is 29.8 Å². The van der Waals surface area contributed by atoms with Crippen LogP contribution in [0.2, 0.25) is 0 Å². The maximum atomic E-state index is 11.5. The van der Waals surface area contributed by atoms with Gasteiger partial charge in [-0.1, -0.05) is 19.4 Å². The lowest BCUT2D eigenvalue weighted by molar-refractivity contribution is -0.141. The van der Waals surface area contributed by atoms with Crippen LogP contribution < -0.4 is 9.47 Å². The summed E-state index contributed by atoms with van der Waals surface area (Å²) < 4.78 is 16.4. The molecule has 0 atom stereocenters. The lowest BCUT2D eigenvalue weighted by Gasteiger charge is -2.12. The monoisotopic (exact) mass is 306 g/mol. The topological polar surface area (TPSA) is 44.8 Å². The zero-order chi connectivity index (χ0) is 16.4. The van der Waals surface area contributed by atoms with Gasteiger partial charge in [0.15, 0.2) is 11.5 Å². The number of carbonyl (C=O) groups excluding carboxylic acids is 1. The molecule has 1 rings (SSSR count). The third-order valence-electron chi connectivity index (χ3n) is 2.79. The summed E-state index contributed by atoms with van der Waals surface area (Å²) in [6.45, 7) is 8.93. The third-order valence-corrected chi connectivity index (χ3v) is 2.79. The quantitative estimate of drug-likeness (QED) is 0.389. The maximum Gasteiger partial charge on any atom is 0.331 e. The Morgan fingerprint density at radius 3 is 2.59 bits per heavy atom. The normalized spacial score (nSPS) is 11.0. The van der Waals surface area contributed by atoms with Crippen LogP contribution in [0.25, 0.3) is 6.08 Å². The van der Waals surface area contributed by atoms with E-state index in [1.165, 1.54) is 6.08 Å². The fourth-order valence-electron chi connectivity index (χ4n) is 1.78. The number of hydrogen-bond acceptors (Lipinski definition) is 4. The number of carbonyl (C=O) groups is 1. The van der Waals surface area contributed by atoms with Gasteiger partial charge in [0.05, 0.1) is 19.3 Å². The van der Waals surface area contributed by atoms with E-state index in [2.05, 4.69) is 6.92 Å². The number of ether oxygens (including phenoxy) is 3.